The number of anilines is 1. The molecule has 0 saturated heterocycles. The summed E-state index contributed by atoms with van der Waals surface area (Å²) >= 11 is 0. The van der Waals surface area contributed by atoms with Crippen LogP contribution in [0.1, 0.15) is 59.1 Å². The molecule has 2 aromatic rings. The number of aryl methyl sites for hydroxylation is 2. The molecular formula is C25H36N2O3SSi. The molecule has 5 nitrogen and oxygen atoms in total. The first-order chi connectivity index (χ1) is 15.0. The van der Waals surface area contributed by atoms with Crippen molar-refractivity contribution in [2.75, 3.05) is 5.32 Å². The smallest absolute Gasteiger partial charge is 0.283 e. The second kappa shape index (κ2) is 9.39. The number of fused-ring (bicyclic) bond motifs is 1. The summed E-state index contributed by atoms with van der Waals surface area (Å²) in [6.45, 7) is 15.6. The van der Waals surface area contributed by atoms with Crippen molar-refractivity contribution in [3.63, 3.8) is 0 Å². The van der Waals surface area contributed by atoms with E-state index in [-0.39, 0.29) is 4.90 Å². The molecule has 174 valence electrons. The van der Waals surface area contributed by atoms with Gasteiger partial charge in [-0.2, -0.15) is 8.42 Å². The van der Waals surface area contributed by atoms with E-state index in [0.29, 0.717) is 28.9 Å². The van der Waals surface area contributed by atoms with Crippen molar-refractivity contribution < 1.29 is 12.8 Å². The van der Waals surface area contributed by atoms with E-state index in [4.69, 9.17) is 4.43 Å². The van der Waals surface area contributed by atoms with Crippen molar-refractivity contribution in [3.8, 4) is 5.75 Å². The second-order valence-corrected chi connectivity index (χ2v) is 16.7. The van der Waals surface area contributed by atoms with E-state index in [2.05, 4.69) is 57.3 Å². The van der Waals surface area contributed by atoms with E-state index in [9.17, 15) is 8.42 Å². The summed E-state index contributed by atoms with van der Waals surface area (Å²) in [6.07, 6.45) is 1.27. The van der Waals surface area contributed by atoms with Gasteiger partial charge in [0.15, 0.2) is 0 Å². The van der Waals surface area contributed by atoms with Gasteiger partial charge in [0.1, 0.15) is 11.6 Å². The van der Waals surface area contributed by atoms with Crippen molar-refractivity contribution in [3.05, 3.63) is 53.6 Å². The maximum Gasteiger partial charge on any atom is 0.283 e. The molecular weight excluding hydrogens is 436 g/mol. The molecule has 1 N–H and O–H groups in total. The van der Waals surface area contributed by atoms with Gasteiger partial charge in [-0.25, -0.2) is 0 Å². The van der Waals surface area contributed by atoms with Crippen molar-refractivity contribution in [1.82, 2.24) is 0 Å². The molecule has 0 aliphatic carbocycles. The lowest BCUT2D eigenvalue weighted by Crippen LogP contribution is -2.50. The largest absolute Gasteiger partial charge is 0.543 e. The Morgan fingerprint density at radius 3 is 2.06 bits per heavy atom. The molecule has 3 rings (SSSR count). The van der Waals surface area contributed by atoms with Gasteiger partial charge < -0.3 is 9.74 Å². The van der Waals surface area contributed by atoms with E-state index < -0.39 is 18.3 Å². The molecule has 0 aromatic heterocycles. The van der Waals surface area contributed by atoms with Crippen LogP contribution >= 0.6 is 0 Å². The minimum absolute atomic E-state index is 0.212. The highest BCUT2D eigenvalue weighted by Gasteiger charge is 2.47. The van der Waals surface area contributed by atoms with Crippen LogP contribution in [0.3, 0.4) is 0 Å². The Morgan fingerprint density at radius 1 is 0.906 bits per heavy atom. The number of amidine groups is 1. The number of rotatable bonds is 7. The van der Waals surface area contributed by atoms with Crippen LogP contribution in [0.25, 0.3) is 0 Å². The van der Waals surface area contributed by atoms with Gasteiger partial charge in [-0.1, -0.05) is 59.2 Å². The van der Waals surface area contributed by atoms with Gasteiger partial charge in [0.2, 0.25) is 0 Å². The first-order valence-corrected chi connectivity index (χ1v) is 15.0. The number of hydrogen-bond donors (Lipinski definition) is 1. The van der Waals surface area contributed by atoms with Crippen LogP contribution in [0.2, 0.25) is 16.6 Å². The molecule has 1 aliphatic heterocycles. The second-order valence-electron chi connectivity index (χ2n) is 9.69. The lowest BCUT2D eigenvalue weighted by atomic mass is 10.0. The van der Waals surface area contributed by atoms with Crippen LogP contribution in [-0.4, -0.2) is 22.6 Å². The highest BCUT2D eigenvalue weighted by Crippen LogP contribution is 2.43. The Kier molecular flexibility index (Phi) is 7.20. The van der Waals surface area contributed by atoms with Gasteiger partial charge in [0, 0.05) is 12.1 Å². The summed E-state index contributed by atoms with van der Waals surface area (Å²) in [5.41, 5.74) is 4.55. The van der Waals surface area contributed by atoms with Crippen LogP contribution in [-0.2, 0) is 16.4 Å². The minimum Gasteiger partial charge on any atom is -0.543 e. The monoisotopic (exact) mass is 472 g/mol. The molecule has 0 spiro atoms. The number of nitrogens with zero attached hydrogens (tertiary/aromatic N) is 1. The van der Waals surface area contributed by atoms with E-state index in [1.54, 1.807) is 24.3 Å². The van der Waals surface area contributed by atoms with Gasteiger partial charge in [-0.05, 0) is 65.9 Å². The molecule has 32 heavy (non-hydrogen) atoms. The van der Waals surface area contributed by atoms with Crippen LogP contribution < -0.4 is 9.74 Å². The number of hydrogen-bond acceptors (Lipinski definition) is 3. The standard InChI is InChI=1S/C25H36N2O3SSi/c1-17(2)32(18(3)4,19(5)6)30-22-11-14-24-21(16-22)10-15-25(26-24)27-31(28,29)23-12-8-20(7)9-13-23/h8-9,11-14,16-19H,10,15H2,1-7H3,(H,26,27). The Labute approximate surface area is 194 Å². The fraction of sp³-hybridized carbons (Fsp3) is 0.480. The molecule has 0 bridgehead atoms. The predicted molar refractivity (Wildman–Crippen MR) is 136 cm³/mol. The zero-order valence-corrected chi connectivity index (χ0v) is 22.1. The first-order valence-electron chi connectivity index (χ1n) is 11.4. The third-order valence-electron chi connectivity index (χ3n) is 6.54. The number of benzene rings is 2. The molecule has 0 unspecified atom stereocenters. The van der Waals surface area contributed by atoms with E-state index in [0.717, 1.165) is 29.0 Å². The molecule has 0 amide bonds. The lowest BCUT2D eigenvalue weighted by Gasteiger charge is -2.42. The SMILES string of the molecule is Cc1ccc(S(=O)(=O)N=C2CCc3cc(O[Si](C(C)C)(C(C)C)C(C)C)ccc3N2)cc1. The van der Waals surface area contributed by atoms with E-state index >= 15 is 0 Å². The van der Waals surface area contributed by atoms with Crippen LogP contribution in [0.5, 0.6) is 5.75 Å². The van der Waals surface area contributed by atoms with Crippen LogP contribution in [0.4, 0.5) is 5.69 Å². The Hall–Kier alpha value is -2.12. The Morgan fingerprint density at radius 2 is 1.50 bits per heavy atom. The summed E-state index contributed by atoms with van der Waals surface area (Å²) in [7, 11) is -5.76. The number of sulfonamides is 1. The van der Waals surface area contributed by atoms with Gasteiger partial charge in [-0.15, -0.1) is 4.40 Å². The van der Waals surface area contributed by atoms with Crippen molar-refractivity contribution in [1.29, 1.82) is 0 Å². The predicted octanol–water partition coefficient (Wildman–Crippen LogP) is 6.69. The van der Waals surface area contributed by atoms with E-state index in [1.165, 1.54) is 0 Å². The van der Waals surface area contributed by atoms with Gasteiger partial charge in [-0.3, -0.25) is 0 Å². The molecule has 1 aliphatic rings. The molecule has 2 aromatic carbocycles. The summed E-state index contributed by atoms with van der Waals surface area (Å²) in [5, 5.41) is 3.22. The van der Waals surface area contributed by atoms with Gasteiger partial charge >= 0.3 is 0 Å². The average molecular weight is 473 g/mol. The topological polar surface area (TPSA) is 67.8 Å². The van der Waals surface area contributed by atoms with E-state index in [1.807, 2.05) is 19.1 Å². The number of nitrogens with one attached hydrogen (secondary N) is 1. The Balaban J connectivity index is 1.84. The molecule has 0 fully saturated rings. The molecule has 7 heteroatoms. The Bertz CT molecular complexity index is 1070. The molecule has 0 saturated carbocycles. The average Bonchev–Trinajstić information content (AvgIpc) is 2.71. The maximum absolute atomic E-state index is 12.7. The third kappa shape index (κ3) is 4.94. The quantitative estimate of drug-likeness (QED) is 0.456. The third-order valence-corrected chi connectivity index (χ3v) is 13.9. The highest BCUT2D eigenvalue weighted by atomic mass is 32.2. The zero-order valence-electron chi connectivity index (χ0n) is 20.3. The normalized spacial score (nSPS) is 15.9. The lowest BCUT2D eigenvalue weighted by molar-refractivity contribution is 0.479. The maximum atomic E-state index is 12.7. The summed E-state index contributed by atoms with van der Waals surface area (Å²) < 4.78 is 36.2. The summed E-state index contributed by atoms with van der Waals surface area (Å²) in [6, 6.07) is 12.9. The van der Waals surface area contributed by atoms with Crippen molar-refractivity contribution in [2.24, 2.45) is 4.40 Å². The van der Waals surface area contributed by atoms with Gasteiger partial charge in [0.25, 0.3) is 18.3 Å². The molecule has 0 atom stereocenters. The zero-order chi connectivity index (χ0) is 23.7. The molecule has 0 radical (unpaired) electrons. The van der Waals surface area contributed by atoms with Crippen LogP contribution in [0, 0.1) is 6.92 Å². The first kappa shape index (κ1) is 24.5. The van der Waals surface area contributed by atoms with Crippen molar-refractivity contribution in [2.45, 2.75) is 82.8 Å². The van der Waals surface area contributed by atoms with Crippen LogP contribution in [0.15, 0.2) is 51.8 Å². The fourth-order valence-corrected chi connectivity index (χ4v) is 11.2. The summed E-state index contributed by atoms with van der Waals surface area (Å²) in [4.78, 5) is 0.212. The summed E-state index contributed by atoms with van der Waals surface area (Å²) in [5.74, 6) is 1.39. The minimum atomic E-state index is -3.73. The fourth-order valence-electron chi connectivity index (χ4n) is 4.97. The highest BCUT2D eigenvalue weighted by molar-refractivity contribution is 7.90. The molecule has 1 heterocycles. The van der Waals surface area contributed by atoms with Gasteiger partial charge in [0.05, 0.1) is 4.90 Å². The van der Waals surface area contributed by atoms with Crippen molar-refractivity contribution >= 4 is 29.9 Å².